The van der Waals surface area contributed by atoms with E-state index in [2.05, 4.69) is 4.90 Å². The molecule has 0 unspecified atom stereocenters. The molecule has 1 saturated carbocycles. The maximum atomic E-state index is 13.1. The predicted molar refractivity (Wildman–Crippen MR) is 112 cm³/mol. The van der Waals surface area contributed by atoms with E-state index in [0.29, 0.717) is 28.8 Å². The lowest BCUT2D eigenvalue weighted by molar-refractivity contribution is 0.0390. The average molecular weight is 394 g/mol. The molecule has 0 spiro atoms. The second-order valence-electron chi connectivity index (χ2n) is 8.17. The lowest BCUT2D eigenvalue weighted by atomic mass is 9.78. The van der Waals surface area contributed by atoms with Crippen molar-refractivity contribution < 1.29 is 14.0 Å². The molecule has 2 aromatic rings. The SMILES string of the molecule is CN(C(=O)c1ccc(F)cc1)c1ccc(C(=O)N2CCC[C@H]3CCCC[C@@H]32)cc1. The molecule has 5 heteroatoms. The van der Waals surface area contributed by atoms with Crippen molar-refractivity contribution in [1.29, 1.82) is 0 Å². The van der Waals surface area contributed by atoms with E-state index >= 15 is 0 Å². The lowest BCUT2D eigenvalue weighted by Gasteiger charge is -2.44. The summed E-state index contributed by atoms with van der Waals surface area (Å²) in [5.41, 5.74) is 1.79. The minimum absolute atomic E-state index is 0.0978. The minimum atomic E-state index is -0.370. The molecule has 4 nitrogen and oxygen atoms in total. The summed E-state index contributed by atoms with van der Waals surface area (Å²) in [6.45, 7) is 0.838. The van der Waals surface area contributed by atoms with Crippen molar-refractivity contribution in [3.05, 3.63) is 65.5 Å². The molecule has 2 fully saturated rings. The van der Waals surface area contributed by atoms with Gasteiger partial charge in [-0.15, -0.1) is 0 Å². The van der Waals surface area contributed by atoms with Gasteiger partial charge in [-0.25, -0.2) is 4.39 Å². The summed E-state index contributed by atoms with van der Waals surface area (Å²) in [7, 11) is 1.68. The highest BCUT2D eigenvalue weighted by atomic mass is 19.1. The van der Waals surface area contributed by atoms with Gasteiger partial charge in [0.1, 0.15) is 5.82 Å². The number of amides is 2. The molecular weight excluding hydrogens is 367 g/mol. The van der Waals surface area contributed by atoms with E-state index in [1.165, 1.54) is 54.8 Å². The number of anilines is 1. The number of nitrogens with zero attached hydrogens (tertiary/aromatic N) is 2. The van der Waals surface area contributed by atoms with Gasteiger partial charge in [-0.1, -0.05) is 12.8 Å². The van der Waals surface area contributed by atoms with E-state index in [1.54, 1.807) is 31.3 Å². The van der Waals surface area contributed by atoms with E-state index in [-0.39, 0.29) is 17.6 Å². The number of hydrogen-bond donors (Lipinski definition) is 0. The van der Waals surface area contributed by atoms with Crippen molar-refractivity contribution in [2.45, 2.75) is 44.6 Å². The summed E-state index contributed by atoms with van der Waals surface area (Å²) in [6.07, 6.45) is 7.17. The second kappa shape index (κ2) is 8.36. The molecule has 2 aliphatic rings. The fraction of sp³-hybridized carbons (Fsp3) is 0.417. The Morgan fingerprint density at radius 1 is 0.897 bits per heavy atom. The number of hydrogen-bond acceptors (Lipinski definition) is 2. The monoisotopic (exact) mass is 394 g/mol. The third kappa shape index (κ3) is 4.04. The summed E-state index contributed by atoms with van der Waals surface area (Å²) < 4.78 is 13.1. The van der Waals surface area contributed by atoms with Gasteiger partial charge in [0.15, 0.2) is 0 Å². The first-order valence-electron chi connectivity index (χ1n) is 10.5. The number of benzene rings is 2. The Kier molecular flexibility index (Phi) is 5.65. The molecule has 1 saturated heterocycles. The maximum absolute atomic E-state index is 13.1. The number of carbonyl (C=O) groups excluding carboxylic acids is 2. The van der Waals surface area contributed by atoms with Crippen LogP contribution in [-0.4, -0.2) is 36.3 Å². The van der Waals surface area contributed by atoms with Gasteiger partial charge in [0.25, 0.3) is 11.8 Å². The Labute approximate surface area is 171 Å². The Morgan fingerprint density at radius 3 is 2.24 bits per heavy atom. The number of halogens is 1. The third-order valence-electron chi connectivity index (χ3n) is 6.40. The van der Waals surface area contributed by atoms with E-state index in [4.69, 9.17) is 0 Å². The Bertz CT molecular complexity index is 877. The standard InChI is InChI=1S/C24H27FN2O2/c1-26(23(28)18-8-12-20(25)13-9-18)21-14-10-19(11-15-21)24(29)27-16-4-6-17-5-2-3-7-22(17)27/h8-15,17,22H,2-7,16H2,1H3/t17-,22+/m1/s1. The van der Waals surface area contributed by atoms with E-state index < -0.39 is 0 Å². The van der Waals surface area contributed by atoms with Gasteiger partial charge in [0.05, 0.1) is 0 Å². The first-order chi connectivity index (χ1) is 14.0. The molecule has 0 N–H and O–H groups in total. The summed E-state index contributed by atoms with van der Waals surface area (Å²) >= 11 is 0. The fourth-order valence-corrected chi connectivity index (χ4v) is 4.77. The topological polar surface area (TPSA) is 40.6 Å². The maximum Gasteiger partial charge on any atom is 0.258 e. The Morgan fingerprint density at radius 2 is 1.52 bits per heavy atom. The van der Waals surface area contributed by atoms with Crippen LogP contribution >= 0.6 is 0 Å². The normalized spacial score (nSPS) is 21.4. The number of piperidine rings is 1. The number of carbonyl (C=O) groups is 2. The predicted octanol–water partition coefficient (Wildman–Crippen LogP) is 4.90. The number of fused-ring (bicyclic) bond motifs is 1. The van der Waals surface area contributed by atoms with Gasteiger partial charge in [0.2, 0.25) is 0 Å². The molecular formula is C24H27FN2O2. The molecule has 2 atom stereocenters. The molecule has 1 heterocycles. The molecule has 0 bridgehead atoms. The van der Waals surface area contributed by atoms with Gasteiger partial charge in [-0.3, -0.25) is 9.59 Å². The zero-order chi connectivity index (χ0) is 20.4. The van der Waals surface area contributed by atoms with E-state index in [0.717, 1.165) is 19.4 Å². The van der Waals surface area contributed by atoms with Crippen LogP contribution in [0.5, 0.6) is 0 Å². The van der Waals surface area contributed by atoms with Gasteiger partial charge in [-0.05, 0) is 80.1 Å². The van der Waals surface area contributed by atoms with Gasteiger partial charge in [0, 0.05) is 36.4 Å². The van der Waals surface area contributed by atoms with Crippen molar-refractivity contribution in [1.82, 2.24) is 4.90 Å². The van der Waals surface area contributed by atoms with E-state index in [1.807, 2.05) is 0 Å². The average Bonchev–Trinajstić information content (AvgIpc) is 2.78. The molecule has 4 rings (SSSR count). The van der Waals surface area contributed by atoms with Crippen LogP contribution in [0.15, 0.2) is 48.5 Å². The molecule has 2 amide bonds. The molecule has 152 valence electrons. The van der Waals surface area contributed by atoms with Crippen molar-refractivity contribution in [3.8, 4) is 0 Å². The van der Waals surface area contributed by atoms with Crippen LogP contribution in [0.4, 0.5) is 10.1 Å². The highest BCUT2D eigenvalue weighted by Crippen LogP contribution is 2.36. The summed E-state index contributed by atoms with van der Waals surface area (Å²) in [4.78, 5) is 29.3. The van der Waals surface area contributed by atoms with Crippen LogP contribution in [-0.2, 0) is 0 Å². The van der Waals surface area contributed by atoms with Gasteiger partial charge in [-0.2, -0.15) is 0 Å². The third-order valence-corrected chi connectivity index (χ3v) is 6.40. The van der Waals surface area contributed by atoms with Crippen molar-refractivity contribution in [3.63, 3.8) is 0 Å². The highest BCUT2D eigenvalue weighted by molar-refractivity contribution is 6.06. The van der Waals surface area contributed by atoms with Crippen LogP contribution in [0.3, 0.4) is 0 Å². The first-order valence-corrected chi connectivity index (χ1v) is 10.5. The van der Waals surface area contributed by atoms with Crippen LogP contribution in [0, 0.1) is 11.7 Å². The molecule has 1 aliphatic heterocycles. The van der Waals surface area contributed by atoms with Crippen LogP contribution < -0.4 is 4.90 Å². The minimum Gasteiger partial charge on any atom is -0.335 e. The quantitative estimate of drug-likeness (QED) is 0.743. The first kappa shape index (κ1) is 19.6. The molecule has 1 aliphatic carbocycles. The Hall–Kier alpha value is -2.69. The highest BCUT2D eigenvalue weighted by Gasteiger charge is 2.35. The van der Waals surface area contributed by atoms with Crippen molar-refractivity contribution >= 4 is 17.5 Å². The zero-order valence-electron chi connectivity index (χ0n) is 16.8. The summed E-state index contributed by atoms with van der Waals surface area (Å²) in [5.74, 6) is 0.163. The van der Waals surface area contributed by atoms with Crippen molar-refractivity contribution in [2.75, 3.05) is 18.5 Å². The fourth-order valence-electron chi connectivity index (χ4n) is 4.77. The molecule has 0 radical (unpaired) electrons. The number of likely N-dealkylation sites (tertiary alicyclic amines) is 1. The largest absolute Gasteiger partial charge is 0.335 e. The van der Waals surface area contributed by atoms with Crippen LogP contribution in [0.1, 0.15) is 59.2 Å². The summed E-state index contributed by atoms with van der Waals surface area (Å²) in [5, 5.41) is 0. The van der Waals surface area contributed by atoms with Crippen LogP contribution in [0.2, 0.25) is 0 Å². The van der Waals surface area contributed by atoms with Gasteiger partial charge >= 0.3 is 0 Å². The molecule has 29 heavy (non-hydrogen) atoms. The van der Waals surface area contributed by atoms with Gasteiger partial charge < -0.3 is 9.80 Å². The molecule has 0 aromatic heterocycles. The second-order valence-corrected chi connectivity index (χ2v) is 8.17. The smallest absolute Gasteiger partial charge is 0.258 e. The number of rotatable bonds is 3. The zero-order valence-corrected chi connectivity index (χ0v) is 16.8. The summed E-state index contributed by atoms with van der Waals surface area (Å²) in [6, 6.07) is 13.1. The molecule has 2 aromatic carbocycles. The van der Waals surface area contributed by atoms with Crippen LogP contribution in [0.25, 0.3) is 0 Å². The Balaban J connectivity index is 1.47. The van der Waals surface area contributed by atoms with E-state index in [9.17, 15) is 14.0 Å². The van der Waals surface area contributed by atoms with Crippen molar-refractivity contribution in [2.24, 2.45) is 5.92 Å². The lowest BCUT2D eigenvalue weighted by Crippen LogP contribution is -2.49.